The van der Waals surface area contributed by atoms with Crippen molar-refractivity contribution in [3.05, 3.63) is 59.2 Å². The molecule has 0 unspecified atom stereocenters. The molecule has 0 atom stereocenters. The second kappa shape index (κ2) is 10.6. The molecule has 0 aromatic heterocycles. The maximum absolute atomic E-state index is 12.7. The lowest BCUT2D eigenvalue weighted by atomic mass is 10.1. The standard InChI is InChI=1S/C21H18F2N2O5/c1-3-29-20(27)13-7-9-16(10-8-13)25-19(26)15(12-24)11-14-5-4-6-17(28-2)18(14)30-21(22)23/h4-11,21H,3H2,1-2H3,(H,25,26)/b15-11+. The van der Waals surface area contributed by atoms with Crippen molar-refractivity contribution in [2.45, 2.75) is 13.5 Å². The van der Waals surface area contributed by atoms with Crippen LogP contribution in [0.25, 0.3) is 6.08 Å². The van der Waals surface area contributed by atoms with E-state index in [1.54, 1.807) is 13.0 Å². The van der Waals surface area contributed by atoms with Crippen molar-refractivity contribution in [1.29, 1.82) is 5.26 Å². The summed E-state index contributed by atoms with van der Waals surface area (Å²) in [6, 6.07) is 11.9. The van der Waals surface area contributed by atoms with Gasteiger partial charge in [0.25, 0.3) is 5.91 Å². The van der Waals surface area contributed by atoms with Gasteiger partial charge in [-0.3, -0.25) is 4.79 Å². The summed E-state index contributed by atoms with van der Waals surface area (Å²) in [4.78, 5) is 24.1. The molecule has 0 bridgehead atoms. The third kappa shape index (κ3) is 5.78. The largest absolute Gasteiger partial charge is 0.493 e. The number of amides is 1. The zero-order valence-electron chi connectivity index (χ0n) is 16.1. The van der Waals surface area contributed by atoms with Crippen molar-refractivity contribution >= 4 is 23.6 Å². The quantitative estimate of drug-likeness (QED) is 0.397. The molecule has 0 saturated carbocycles. The zero-order chi connectivity index (χ0) is 22.1. The maximum atomic E-state index is 12.7. The van der Waals surface area contributed by atoms with Gasteiger partial charge in [0.2, 0.25) is 0 Å². The van der Waals surface area contributed by atoms with Crippen LogP contribution in [0.3, 0.4) is 0 Å². The monoisotopic (exact) mass is 416 g/mol. The van der Waals surface area contributed by atoms with E-state index in [1.807, 2.05) is 0 Å². The number of benzene rings is 2. The Bertz CT molecular complexity index is 982. The molecule has 156 valence electrons. The third-order valence-electron chi connectivity index (χ3n) is 3.76. The van der Waals surface area contributed by atoms with Crippen LogP contribution in [-0.4, -0.2) is 32.2 Å². The molecule has 2 aromatic carbocycles. The summed E-state index contributed by atoms with van der Waals surface area (Å²) in [5.41, 5.74) is 0.343. The maximum Gasteiger partial charge on any atom is 0.387 e. The fourth-order valence-corrected chi connectivity index (χ4v) is 2.43. The first kappa shape index (κ1) is 22.4. The van der Waals surface area contributed by atoms with Gasteiger partial charge < -0.3 is 19.5 Å². The van der Waals surface area contributed by atoms with Gasteiger partial charge in [-0.15, -0.1) is 0 Å². The summed E-state index contributed by atoms with van der Waals surface area (Å²) in [6.07, 6.45) is 1.11. The van der Waals surface area contributed by atoms with Gasteiger partial charge in [-0.25, -0.2) is 4.79 Å². The van der Waals surface area contributed by atoms with E-state index in [2.05, 4.69) is 10.1 Å². The zero-order valence-corrected chi connectivity index (χ0v) is 16.1. The molecule has 0 fully saturated rings. The molecule has 1 amide bonds. The topological polar surface area (TPSA) is 97.7 Å². The normalized spacial score (nSPS) is 10.9. The van der Waals surface area contributed by atoms with Crippen LogP contribution in [0.4, 0.5) is 14.5 Å². The van der Waals surface area contributed by atoms with Crippen LogP contribution in [0, 0.1) is 11.3 Å². The lowest BCUT2D eigenvalue weighted by Gasteiger charge is -2.12. The van der Waals surface area contributed by atoms with Gasteiger partial charge in [0.15, 0.2) is 11.5 Å². The Balaban J connectivity index is 2.26. The number of methoxy groups -OCH3 is 1. The molecule has 0 aliphatic carbocycles. The van der Waals surface area contributed by atoms with Gasteiger partial charge in [0.1, 0.15) is 11.6 Å². The fraction of sp³-hybridized carbons (Fsp3) is 0.190. The van der Waals surface area contributed by atoms with Crippen LogP contribution in [-0.2, 0) is 9.53 Å². The summed E-state index contributed by atoms with van der Waals surface area (Å²) in [5.74, 6) is -1.55. The van der Waals surface area contributed by atoms with Crippen LogP contribution in [0.2, 0.25) is 0 Å². The molecule has 0 aliphatic heterocycles. The Kier molecular flexibility index (Phi) is 7.88. The number of nitrogens with one attached hydrogen (secondary N) is 1. The molecular formula is C21H18F2N2O5. The number of ether oxygens (including phenoxy) is 3. The first-order chi connectivity index (χ1) is 14.4. The van der Waals surface area contributed by atoms with Gasteiger partial charge in [-0.1, -0.05) is 12.1 Å². The molecule has 9 heteroatoms. The first-order valence-electron chi connectivity index (χ1n) is 8.71. The van der Waals surface area contributed by atoms with E-state index < -0.39 is 18.5 Å². The second-order valence-corrected chi connectivity index (χ2v) is 5.68. The third-order valence-corrected chi connectivity index (χ3v) is 3.76. The Hall–Kier alpha value is -3.93. The Morgan fingerprint density at radius 3 is 2.47 bits per heavy atom. The van der Waals surface area contributed by atoms with E-state index in [0.717, 1.165) is 6.08 Å². The minimum Gasteiger partial charge on any atom is -0.493 e. The number of nitrogens with zero attached hydrogens (tertiary/aromatic N) is 1. The van der Waals surface area contributed by atoms with Crippen molar-refractivity contribution in [1.82, 2.24) is 0 Å². The Morgan fingerprint density at radius 2 is 1.90 bits per heavy atom. The molecule has 7 nitrogen and oxygen atoms in total. The summed E-state index contributed by atoms with van der Waals surface area (Å²) < 4.78 is 39.8. The average molecular weight is 416 g/mol. The summed E-state index contributed by atoms with van der Waals surface area (Å²) in [6.45, 7) is -1.21. The number of rotatable bonds is 8. The summed E-state index contributed by atoms with van der Waals surface area (Å²) >= 11 is 0. The van der Waals surface area contributed by atoms with Gasteiger partial charge in [-0.2, -0.15) is 14.0 Å². The van der Waals surface area contributed by atoms with Crippen LogP contribution in [0.1, 0.15) is 22.8 Å². The number of anilines is 1. The van der Waals surface area contributed by atoms with E-state index >= 15 is 0 Å². The van der Waals surface area contributed by atoms with Crippen molar-refractivity contribution < 1.29 is 32.6 Å². The number of para-hydroxylation sites is 1. The second-order valence-electron chi connectivity index (χ2n) is 5.68. The molecule has 30 heavy (non-hydrogen) atoms. The predicted molar refractivity (Wildman–Crippen MR) is 104 cm³/mol. The number of esters is 1. The highest BCUT2D eigenvalue weighted by atomic mass is 19.3. The average Bonchev–Trinajstić information content (AvgIpc) is 2.73. The number of hydrogen-bond acceptors (Lipinski definition) is 6. The van der Waals surface area contributed by atoms with Gasteiger partial charge in [0.05, 0.1) is 19.3 Å². The minimum absolute atomic E-state index is 0.0244. The Morgan fingerprint density at radius 1 is 1.20 bits per heavy atom. The molecule has 0 saturated heterocycles. The lowest BCUT2D eigenvalue weighted by Crippen LogP contribution is -2.14. The van der Waals surface area contributed by atoms with Crippen molar-refractivity contribution in [2.75, 3.05) is 19.0 Å². The molecule has 0 heterocycles. The van der Waals surface area contributed by atoms with Crippen LogP contribution in [0.5, 0.6) is 11.5 Å². The number of carbonyl (C=O) groups is 2. The number of nitriles is 1. The van der Waals surface area contributed by atoms with Crippen LogP contribution >= 0.6 is 0 Å². The minimum atomic E-state index is -3.12. The fourth-order valence-electron chi connectivity index (χ4n) is 2.43. The number of carbonyl (C=O) groups excluding carboxylic acids is 2. The van der Waals surface area contributed by atoms with Gasteiger partial charge in [0, 0.05) is 11.3 Å². The summed E-state index contributed by atoms with van der Waals surface area (Å²) in [7, 11) is 1.28. The number of alkyl halides is 2. The number of hydrogen-bond donors (Lipinski definition) is 1. The molecule has 0 aliphatic rings. The highest BCUT2D eigenvalue weighted by Gasteiger charge is 2.17. The molecule has 1 N–H and O–H groups in total. The van der Waals surface area contributed by atoms with E-state index in [9.17, 15) is 23.6 Å². The smallest absolute Gasteiger partial charge is 0.387 e. The van der Waals surface area contributed by atoms with Crippen molar-refractivity contribution in [3.63, 3.8) is 0 Å². The SMILES string of the molecule is CCOC(=O)c1ccc(NC(=O)/C(C#N)=C/c2cccc(OC)c2OC(F)F)cc1. The van der Waals surface area contributed by atoms with Gasteiger partial charge >= 0.3 is 12.6 Å². The summed E-state index contributed by atoms with van der Waals surface area (Å²) in [5, 5.41) is 11.8. The highest BCUT2D eigenvalue weighted by Crippen LogP contribution is 2.34. The van der Waals surface area contributed by atoms with E-state index in [0.29, 0.717) is 11.3 Å². The van der Waals surface area contributed by atoms with E-state index in [-0.39, 0.29) is 29.2 Å². The molecule has 0 radical (unpaired) electrons. The van der Waals surface area contributed by atoms with Crippen LogP contribution < -0.4 is 14.8 Å². The lowest BCUT2D eigenvalue weighted by molar-refractivity contribution is -0.112. The number of halogens is 2. The molecule has 2 aromatic rings. The van der Waals surface area contributed by atoms with Crippen LogP contribution in [0.15, 0.2) is 48.0 Å². The van der Waals surface area contributed by atoms with E-state index in [4.69, 9.17) is 9.47 Å². The van der Waals surface area contributed by atoms with Gasteiger partial charge in [-0.05, 0) is 43.3 Å². The highest BCUT2D eigenvalue weighted by molar-refractivity contribution is 6.10. The Labute approximate surface area is 171 Å². The predicted octanol–water partition coefficient (Wildman–Crippen LogP) is 4.02. The van der Waals surface area contributed by atoms with Crippen molar-refractivity contribution in [3.8, 4) is 17.6 Å². The molecule has 2 rings (SSSR count). The van der Waals surface area contributed by atoms with Crippen molar-refractivity contribution in [2.24, 2.45) is 0 Å². The first-order valence-corrected chi connectivity index (χ1v) is 8.71. The van der Waals surface area contributed by atoms with E-state index in [1.165, 1.54) is 49.6 Å². The molecule has 0 spiro atoms. The molecular weight excluding hydrogens is 398 g/mol.